The normalized spacial score (nSPS) is 18.4. The monoisotopic (exact) mass is 236 g/mol. The van der Waals surface area contributed by atoms with E-state index in [2.05, 4.69) is 0 Å². The molecule has 0 radical (unpaired) electrons. The molecule has 1 aromatic rings. The van der Waals surface area contributed by atoms with Crippen molar-refractivity contribution in [1.82, 2.24) is 0 Å². The highest BCUT2D eigenvalue weighted by molar-refractivity contribution is 5.13. The fraction of sp³-hybridized carbons (Fsp3) is 0.571. The SMILES string of the molecule is OC(COCc1ccccc1)C[NH+]1CCCC1. The average Bonchev–Trinajstić information content (AvgIpc) is 2.83. The summed E-state index contributed by atoms with van der Waals surface area (Å²) in [5, 5.41) is 9.84. The lowest BCUT2D eigenvalue weighted by molar-refractivity contribution is -0.890. The van der Waals surface area contributed by atoms with E-state index in [1.165, 1.54) is 30.8 Å². The number of hydrogen-bond acceptors (Lipinski definition) is 2. The topological polar surface area (TPSA) is 33.9 Å². The Morgan fingerprint density at radius 2 is 1.88 bits per heavy atom. The molecule has 1 heterocycles. The van der Waals surface area contributed by atoms with Gasteiger partial charge in [0.15, 0.2) is 0 Å². The van der Waals surface area contributed by atoms with Crippen molar-refractivity contribution < 1.29 is 14.7 Å². The van der Waals surface area contributed by atoms with Crippen LogP contribution in [0.2, 0.25) is 0 Å². The van der Waals surface area contributed by atoms with Gasteiger partial charge in [0, 0.05) is 12.8 Å². The lowest BCUT2D eigenvalue weighted by Gasteiger charge is -2.16. The first-order valence-corrected chi connectivity index (χ1v) is 6.48. The number of ether oxygens (including phenoxy) is 1. The first-order chi connectivity index (χ1) is 8.34. The van der Waals surface area contributed by atoms with Crippen molar-refractivity contribution in [3.63, 3.8) is 0 Å². The number of aliphatic hydroxyl groups excluding tert-OH is 1. The van der Waals surface area contributed by atoms with Crippen LogP contribution >= 0.6 is 0 Å². The molecular formula is C14H22NO2+. The Hall–Kier alpha value is -0.900. The van der Waals surface area contributed by atoms with Crippen molar-refractivity contribution in [3.8, 4) is 0 Å². The lowest BCUT2D eigenvalue weighted by atomic mass is 10.2. The van der Waals surface area contributed by atoms with Gasteiger partial charge in [0.1, 0.15) is 12.6 Å². The predicted molar refractivity (Wildman–Crippen MR) is 66.9 cm³/mol. The maximum atomic E-state index is 9.84. The number of quaternary nitrogens is 1. The van der Waals surface area contributed by atoms with E-state index in [1.54, 1.807) is 0 Å². The van der Waals surface area contributed by atoms with Crippen LogP contribution in [0.1, 0.15) is 18.4 Å². The summed E-state index contributed by atoms with van der Waals surface area (Å²) in [5.41, 5.74) is 1.16. The van der Waals surface area contributed by atoms with E-state index in [0.717, 1.165) is 12.1 Å². The second-order valence-electron chi connectivity index (χ2n) is 4.82. The average molecular weight is 236 g/mol. The summed E-state index contributed by atoms with van der Waals surface area (Å²) in [4.78, 5) is 1.51. The minimum Gasteiger partial charge on any atom is -0.385 e. The molecule has 0 aliphatic carbocycles. The van der Waals surface area contributed by atoms with Gasteiger partial charge in [0.05, 0.1) is 26.3 Å². The Morgan fingerprint density at radius 1 is 1.18 bits per heavy atom. The molecule has 94 valence electrons. The minimum atomic E-state index is -0.327. The highest BCUT2D eigenvalue weighted by Gasteiger charge is 2.19. The van der Waals surface area contributed by atoms with E-state index in [-0.39, 0.29) is 6.10 Å². The number of likely N-dealkylation sites (tertiary alicyclic amines) is 1. The van der Waals surface area contributed by atoms with E-state index in [9.17, 15) is 5.11 Å². The zero-order chi connectivity index (χ0) is 11.9. The van der Waals surface area contributed by atoms with Crippen molar-refractivity contribution in [2.45, 2.75) is 25.6 Å². The van der Waals surface area contributed by atoms with Gasteiger partial charge in [-0.15, -0.1) is 0 Å². The highest BCUT2D eigenvalue weighted by Crippen LogP contribution is 2.00. The van der Waals surface area contributed by atoms with Crippen LogP contribution in [0.25, 0.3) is 0 Å². The number of benzene rings is 1. The Labute approximate surface area is 103 Å². The van der Waals surface area contributed by atoms with Crippen LogP contribution in [0, 0.1) is 0 Å². The van der Waals surface area contributed by atoms with Crippen molar-refractivity contribution in [3.05, 3.63) is 35.9 Å². The van der Waals surface area contributed by atoms with Crippen molar-refractivity contribution in [2.24, 2.45) is 0 Å². The summed E-state index contributed by atoms with van der Waals surface area (Å²) in [6.07, 6.45) is 2.27. The fourth-order valence-electron chi connectivity index (χ4n) is 2.36. The summed E-state index contributed by atoms with van der Waals surface area (Å²) < 4.78 is 5.53. The van der Waals surface area contributed by atoms with Crippen LogP contribution in [0.15, 0.2) is 30.3 Å². The maximum Gasteiger partial charge on any atom is 0.126 e. The molecule has 1 aromatic carbocycles. The molecule has 1 aliphatic heterocycles. The van der Waals surface area contributed by atoms with Crippen LogP contribution < -0.4 is 4.90 Å². The zero-order valence-corrected chi connectivity index (χ0v) is 10.3. The molecule has 0 spiro atoms. The van der Waals surface area contributed by atoms with Gasteiger partial charge in [0.25, 0.3) is 0 Å². The first kappa shape index (κ1) is 12.6. The smallest absolute Gasteiger partial charge is 0.126 e. The van der Waals surface area contributed by atoms with Gasteiger partial charge < -0.3 is 14.7 Å². The molecule has 0 bridgehead atoms. The third-order valence-electron chi connectivity index (χ3n) is 3.26. The van der Waals surface area contributed by atoms with Crippen LogP contribution in [-0.4, -0.2) is 37.5 Å². The number of aliphatic hydroxyl groups is 1. The quantitative estimate of drug-likeness (QED) is 0.742. The van der Waals surface area contributed by atoms with E-state index in [1.807, 2.05) is 30.3 Å². The number of rotatable bonds is 6. The van der Waals surface area contributed by atoms with E-state index in [4.69, 9.17) is 4.74 Å². The molecule has 0 saturated carbocycles. The van der Waals surface area contributed by atoms with Crippen LogP contribution in [0.4, 0.5) is 0 Å². The maximum absolute atomic E-state index is 9.84. The third-order valence-corrected chi connectivity index (χ3v) is 3.26. The molecular weight excluding hydrogens is 214 g/mol. The molecule has 1 atom stereocenters. The van der Waals surface area contributed by atoms with Gasteiger partial charge in [-0.25, -0.2) is 0 Å². The second-order valence-corrected chi connectivity index (χ2v) is 4.82. The second kappa shape index (κ2) is 6.74. The highest BCUT2D eigenvalue weighted by atomic mass is 16.5. The Morgan fingerprint density at radius 3 is 2.59 bits per heavy atom. The van der Waals surface area contributed by atoms with Gasteiger partial charge in [-0.1, -0.05) is 30.3 Å². The molecule has 17 heavy (non-hydrogen) atoms. The molecule has 2 rings (SSSR count). The Kier molecular flexibility index (Phi) is 4.98. The summed E-state index contributed by atoms with van der Waals surface area (Å²) >= 11 is 0. The van der Waals surface area contributed by atoms with Crippen molar-refractivity contribution in [2.75, 3.05) is 26.2 Å². The van der Waals surface area contributed by atoms with Gasteiger partial charge in [-0.2, -0.15) is 0 Å². The van der Waals surface area contributed by atoms with Gasteiger partial charge >= 0.3 is 0 Å². The number of nitrogens with one attached hydrogen (secondary N) is 1. The van der Waals surface area contributed by atoms with Crippen LogP contribution in [0.3, 0.4) is 0 Å². The lowest BCUT2D eigenvalue weighted by Crippen LogP contribution is -3.11. The summed E-state index contributed by atoms with van der Waals surface area (Å²) in [7, 11) is 0. The molecule has 2 N–H and O–H groups in total. The fourth-order valence-corrected chi connectivity index (χ4v) is 2.36. The Balaban J connectivity index is 1.61. The van der Waals surface area contributed by atoms with E-state index in [0.29, 0.717) is 13.2 Å². The molecule has 0 amide bonds. The minimum absolute atomic E-state index is 0.327. The summed E-state index contributed by atoms with van der Waals surface area (Å²) in [6.45, 7) is 4.27. The molecule has 3 heteroatoms. The van der Waals surface area contributed by atoms with E-state index >= 15 is 0 Å². The number of hydrogen-bond donors (Lipinski definition) is 2. The predicted octanol–water partition coefficient (Wildman–Crippen LogP) is 0.243. The molecule has 0 aromatic heterocycles. The molecule has 1 aliphatic rings. The first-order valence-electron chi connectivity index (χ1n) is 6.48. The van der Waals surface area contributed by atoms with Gasteiger partial charge in [0.2, 0.25) is 0 Å². The summed E-state index contributed by atoms with van der Waals surface area (Å²) in [6, 6.07) is 10.1. The van der Waals surface area contributed by atoms with Gasteiger partial charge in [-0.3, -0.25) is 0 Å². The molecule has 1 saturated heterocycles. The molecule has 1 unspecified atom stereocenters. The Bertz CT molecular complexity index is 309. The largest absolute Gasteiger partial charge is 0.385 e. The van der Waals surface area contributed by atoms with Crippen LogP contribution in [-0.2, 0) is 11.3 Å². The molecule has 3 nitrogen and oxygen atoms in total. The standard InChI is InChI=1S/C14H21NO2/c16-14(10-15-8-4-5-9-15)12-17-11-13-6-2-1-3-7-13/h1-3,6-7,14,16H,4-5,8-12H2/p+1. The van der Waals surface area contributed by atoms with Crippen molar-refractivity contribution >= 4 is 0 Å². The van der Waals surface area contributed by atoms with E-state index < -0.39 is 0 Å². The zero-order valence-electron chi connectivity index (χ0n) is 10.3. The molecule has 1 fully saturated rings. The van der Waals surface area contributed by atoms with Crippen molar-refractivity contribution in [1.29, 1.82) is 0 Å². The van der Waals surface area contributed by atoms with Gasteiger partial charge in [-0.05, 0) is 5.56 Å². The summed E-state index contributed by atoms with van der Waals surface area (Å²) in [5.74, 6) is 0. The third kappa shape index (κ3) is 4.46. The van der Waals surface area contributed by atoms with Crippen LogP contribution in [0.5, 0.6) is 0 Å².